The van der Waals surface area contributed by atoms with E-state index in [4.69, 9.17) is 12.6 Å². The average Bonchev–Trinajstić information content (AvgIpc) is 3.38. The third kappa shape index (κ3) is 3.59. The van der Waals surface area contributed by atoms with Crippen LogP contribution in [0.3, 0.4) is 0 Å². The Kier molecular flexibility index (Phi) is 4.10. The van der Waals surface area contributed by atoms with Gasteiger partial charge in [0.05, 0.1) is 17.3 Å². The van der Waals surface area contributed by atoms with Crippen molar-refractivity contribution in [3.8, 4) is 17.3 Å². The zero-order valence-electron chi connectivity index (χ0n) is 26.1. The Bertz CT molecular complexity index is 1990. The quantitative estimate of drug-likeness (QED) is 0.269. The number of aromatic nitrogens is 1. The Balaban J connectivity index is 1.67. The van der Waals surface area contributed by atoms with Crippen molar-refractivity contribution in [1.29, 1.82) is 5.26 Å². The van der Waals surface area contributed by atoms with E-state index in [-0.39, 0.29) is 22.3 Å². The number of pyridine rings is 1. The maximum absolute atomic E-state index is 9.64. The summed E-state index contributed by atoms with van der Waals surface area (Å²) in [7, 11) is -2.88. The molecule has 178 valence electrons. The molecule has 0 saturated carbocycles. The van der Waals surface area contributed by atoms with Gasteiger partial charge in [0.1, 0.15) is 19.2 Å². The minimum absolute atomic E-state index is 0.0306. The van der Waals surface area contributed by atoms with Crippen LogP contribution >= 0.6 is 0 Å². The zero-order chi connectivity index (χ0) is 30.6. The van der Waals surface area contributed by atoms with Crippen molar-refractivity contribution in [3.63, 3.8) is 0 Å². The molecule has 3 nitrogen and oxygen atoms in total. The Hall–Kier alpha value is -4.46. The number of aryl methyl sites for hydroxylation is 2. The minimum Gasteiger partial charge on any atom is -0.455 e. The van der Waals surface area contributed by atoms with Gasteiger partial charge in [0, 0.05) is 36.3 Å². The lowest BCUT2D eigenvalue weighted by atomic mass is 10.0. The van der Waals surface area contributed by atoms with Crippen LogP contribution in [0.2, 0.25) is 6.55 Å². The molecule has 0 unspecified atom stereocenters. The first-order valence-corrected chi connectivity index (χ1v) is 14.5. The summed E-state index contributed by atoms with van der Waals surface area (Å²) in [6.07, 6.45) is 1.44. The van der Waals surface area contributed by atoms with Crippen LogP contribution in [0.4, 0.5) is 0 Å². The summed E-state index contributed by atoms with van der Waals surface area (Å²) < 4.78 is 55.9. The van der Waals surface area contributed by atoms with E-state index in [0.717, 1.165) is 10.4 Å². The smallest absolute Gasteiger partial charge is 0.145 e. The largest absolute Gasteiger partial charge is 0.455 e. The molecule has 0 aliphatic rings. The maximum atomic E-state index is 9.64. The Morgan fingerprint density at radius 3 is 2.16 bits per heavy atom. The fraction of sp³-hybridized carbons (Fsp3) is 0.0909. The van der Waals surface area contributed by atoms with Crippen molar-refractivity contribution in [3.05, 3.63) is 120 Å². The lowest BCUT2D eigenvalue weighted by molar-refractivity contribution is 0.666. The van der Waals surface area contributed by atoms with Crippen LogP contribution in [-0.2, 0) is 0 Å². The standard InChI is InChI=1S/C33H26N2OSi/c1-22-21-35-30(19-31(22)37(3,25-11-6-4-7-12-25)26-13-8-5-9-14-26)29-16-10-15-27-28-18-17-24(20-34)23(2)32(28)36-33(27)29/h4-19,21H,1-3H3/i1D3,2D3. The number of nitrogens with zero attached hydrogens (tertiary/aromatic N) is 2. The summed E-state index contributed by atoms with van der Waals surface area (Å²) in [4.78, 5) is 4.64. The maximum Gasteiger partial charge on any atom is 0.145 e. The molecule has 0 atom stereocenters. The molecule has 6 aromatic rings. The first-order chi connectivity index (χ1) is 20.4. The average molecular weight is 501 g/mol. The summed E-state index contributed by atoms with van der Waals surface area (Å²) in [6, 6.07) is 32.5. The molecular formula is C33H26N2OSi. The molecule has 37 heavy (non-hydrogen) atoms. The van der Waals surface area contributed by atoms with E-state index in [1.54, 1.807) is 6.07 Å². The highest BCUT2D eigenvalue weighted by molar-refractivity contribution is 7.10. The predicted octanol–water partition coefficient (Wildman–Crippen LogP) is 6.24. The topological polar surface area (TPSA) is 49.8 Å². The zero-order valence-corrected chi connectivity index (χ0v) is 21.1. The van der Waals surface area contributed by atoms with Gasteiger partial charge in [-0.3, -0.25) is 4.98 Å². The first kappa shape index (κ1) is 17.1. The van der Waals surface area contributed by atoms with Crippen LogP contribution in [-0.4, -0.2) is 13.1 Å². The lowest BCUT2D eigenvalue weighted by Crippen LogP contribution is -2.65. The van der Waals surface area contributed by atoms with Gasteiger partial charge < -0.3 is 4.42 Å². The van der Waals surface area contributed by atoms with E-state index in [1.165, 1.54) is 12.3 Å². The molecule has 4 aromatic carbocycles. The molecule has 0 fully saturated rings. The van der Waals surface area contributed by atoms with Crippen LogP contribution in [0, 0.1) is 25.0 Å². The number of hydrogen-bond donors (Lipinski definition) is 0. The van der Waals surface area contributed by atoms with Crippen LogP contribution in [0.15, 0.2) is 108 Å². The fourth-order valence-electron chi connectivity index (χ4n) is 5.19. The fourth-order valence-corrected chi connectivity index (χ4v) is 8.90. The van der Waals surface area contributed by atoms with E-state index >= 15 is 0 Å². The van der Waals surface area contributed by atoms with Gasteiger partial charge in [-0.2, -0.15) is 5.26 Å². The highest BCUT2D eigenvalue weighted by Crippen LogP contribution is 2.37. The number of nitriles is 1. The summed E-state index contributed by atoms with van der Waals surface area (Å²) in [5.41, 5.74) is 1.75. The molecule has 0 saturated heterocycles. The Morgan fingerprint density at radius 1 is 0.811 bits per heavy atom. The van der Waals surface area contributed by atoms with Crippen molar-refractivity contribution in [1.82, 2.24) is 4.98 Å². The predicted molar refractivity (Wildman–Crippen MR) is 155 cm³/mol. The van der Waals surface area contributed by atoms with E-state index in [9.17, 15) is 5.26 Å². The van der Waals surface area contributed by atoms with Crippen LogP contribution in [0.1, 0.15) is 24.9 Å². The third-order valence-corrected chi connectivity index (χ3v) is 11.7. The number of furan rings is 1. The molecule has 6 rings (SSSR count). The second kappa shape index (κ2) is 8.88. The van der Waals surface area contributed by atoms with Crippen molar-refractivity contribution in [2.75, 3.05) is 0 Å². The molecule has 0 radical (unpaired) electrons. The number of hydrogen-bond acceptors (Lipinski definition) is 3. The van der Waals surface area contributed by atoms with Gasteiger partial charge in [-0.15, -0.1) is 0 Å². The molecule has 0 aliphatic carbocycles. The van der Waals surface area contributed by atoms with E-state index < -0.39 is 21.8 Å². The SMILES string of the molecule is [2H]C([2H])([2H])c1cnc(-c2cccc3c2oc2c(C([2H])([2H])[2H])c(C#N)ccc23)cc1[Si](C)(c1ccccc1)c1ccccc1. The number of rotatable bonds is 4. The van der Waals surface area contributed by atoms with E-state index in [2.05, 4.69) is 11.5 Å². The molecule has 0 bridgehead atoms. The summed E-state index contributed by atoms with van der Waals surface area (Å²) >= 11 is 0. The highest BCUT2D eigenvalue weighted by atomic mass is 28.3. The monoisotopic (exact) mass is 500 g/mol. The van der Waals surface area contributed by atoms with Gasteiger partial charge in [-0.1, -0.05) is 79.3 Å². The van der Waals surface area contributed by atoms with Crippen molar-refractivity contribution in [2.45, 2.75) is 20.3 Å². The molecule has 0 N–H and O–H groups in total. The summed E-state index contributed by atoms with van der Waals surface area (Å²) in [5.74, 6) is 0. The number of para-hydroxylation sites is 1. The molecule has 2 heterocycles. The van der Waals surface area contributed by atoms with Crippen molar-refractivity contribution >= 4 is 45.6 Å². The van der Waals surface area contributed by atoms with Gasteiger partial charge in [0.2, 0.25) is 0 Å². The second-order valence-corrected chi connectivity index (χ2v) is 13.2. The number of benzene rings is 4. The summed E-state index contributed by atoms with van der Waals surface area (Å²) in [6.45, 7) is -2.82. The second-order valence-electron chi connectivity index (χ2n) is 9.23. The summed E-state index contributed by atoms with van der Waals surface area (Å²) in [5, 5.41) is 13.7. The molecule has 4 heteroatoms. The molecule has 0 spiro atoms. The van der Waals surface area contributed by atoms with Gasteiger partial charge in [0.15, 0.2) is 0 Å². The lowest BCUT2D eigenvalue weighted by Gasteiger charge is -2.31. The normalized spacial score (nSPS) is 14.7. The molecule has 0 aliphatic heterocycles. The molecule has 0 amide bonds. The van der Waals surface area contributed by atoms with E-state index in [0.29, 0.717) is 32.8 Å². The Labute approximate surface area is 226 Å². The Morgan fingerprint density at radius 2 is 1.51 bits per heavy atom. The minimum atomic E-state index is -2.88. The van der Waals surface area contributed by atoms with Gasteiger partial charge in [-0.25, -0.2) is 0 Å². The number of fused-ring (bicyclic) bond motifs is 3. The van der Waals surface area contributed by atoms with Crippen LogP contribution < -0.4 is 15.6 Å². The van der Waals surface area contributed by atoms with Crippen molar-refractivity contribution in [2.24, 2.45) is 0 Å². The van der Waals surface area contributed by atoms with Crippen LogP contribution in [0.5, 0.6) is 0 Å². The van der Waals surface area contributed by atoms with Crippen molar-refractivity contribution < 1.29 is 12.6 Å². The van der Waals surface area contributed by atoms with Gasteiger partial charge in [0.25, 0.3) is 0 Å². The molecular weight excluding hydrogens is 468 g/mol. The van der Waals surface area contributed by atoms with Crippen LogP contribution in [0.25, 0.3) is 33.2 Å². The molecule has 2 aromatic heterocycles. The first-order valence-electron chi connectivity index (χ1n) is 15.0. The van der Waals surface area contributed by atoms with Gasteiger partial charge in [-0.05, 0) is 59.1 Å². The highest BCUT2D eigenvalue weighted by Gasteiger charge is 2.35. The van der Waals surface area contributed by atoms with Gasteiger partial charge >= 0.3 is 0 Å². The van der Waals surface area contributed by atoms with E-state index in [1.807, 2.05) is 91.0 Å². The third-order valence-electron chi connectivity index (χ3n) is 7.21.